The van der Waals surface area contributed by atoms with Crippen molar-refractivity contribution in [2.45, 2.75) is 0 Å². The maximum Gasteiger partial charge on any atom is 0.127 e. The summed E-state index contributed by atoms with van der Waals surface area (Å²) < 4.78 is 0. The second-order valence-electron chi connectivity index (χ2n) is 2.64. The first-order valence-electron chi connectivity index (χ1n) is 3.76. The predicted octanol–water partition coefficient (Wildman–Crippen LogP) is 0.270. The molecule has 0 fully saturated rings. The molecule has 0 aliphatic rings. The number of rotatable bonds is 3. The van der Waals surface area contributed by atoms with E-state index in [-0.39, 0.29) is 5.84 Å². The number of hydrogen-bond acceptors (Lipinski definition) is 3. The molecule has 13 heavy (non-hydrogen) atoms. The first-order valence-corrected chi connectivity index (χ1v) is 3.76. The van der Waals surface area contributed by atoms with E-state index in [1.165, 1.54) is 0 Å². The van der Waals surface area contributed by atoms with Gasteiger partial charge in [-0.25, -0.2) is 0 Å². The molecule has 0 unspecified atom stereocenters. The maximum atomic E-state index is 7.35. The second-order valence-corrected chi connectivity index (χ2v) is 2.64. The first kappa shape index (κ1) is 9.18. The summed E-state index contributed by atoms with van der Waals surface area (Å²) in [4.78, 5) is 2.91. The van der Waals surface area contributed by atoms with Crippen molar-refractivity contribution in [2.24, 2.45) is 11.5 Å². The number of nitrogen functional groups attached to an aromatic ring is 1. The van der Waals surface area contributed by atoms with Crippen LogP contribution in [0.2, 0.25) is 0 Å². The molecule has 0 aliphatic carbocycles. The van der Waals surface area contributed by atoms with Gasteiger partial charge in [0, 0.05) is 24.5 Å². The number of H-pyrrole nitrogens is 1. The van der Waals surface area contributed by atoms with Gasteiger partial charge in [-0.15, -0.1) is 0 Å². The smallest absolute Gasteiger partial charge is 0.127 e. The highest BCUT2D eigenvalue weighted by molar-refractivity contribution is 6.04. The summed E-state index contributed by atoms with van der Waals surface area (Å²) in [5.41, 5.74) is 12.5. The number of nitrogens with two attached hydrogens (primary N) is 2. The van der Waals surface area contributed by atoms with Gasteiger partial charge in [0.1, 0.15) is 11.7 Å². The minimum Gasteiger partial charge on any atom is -0.399 e. The highest BCUT2D eigenvalue weighted by Gasteiger charge is 2.13. The van der Waals surface area contributed by atoms with Gasteiger partial charge in [-0.05, 0) is 0 Å². The number of nitrogens with one attached hydrogen (secondary N) is 3. The van der Waals surface area contributed by atoms with E-state index in [9.17, 15) is 0 Å². The SMILES string of the molecule is C=C(N)c1c[nH]c(NC)c1C(=N)N. The Bertz CT molecular complexity index is 349. The summed E-state index contributed by atoms with van der Waals surface area (Å²) in [7, 11) is 1.74. The third kappa shape index (κ3) is 1.48. The van der Waals surface area contributed by atoms with Crippen LogP contribution in [0.15, 0.2) is 12.8 Å². The minimum atomic E-state index is -0.0350. The molecule has 1 heterocycles. The van der Waals surface area contributed by atoms with E-state index in [2.05, 4.69) is 16.9 Å². The van der Waals surface area contributed by atoms with E-state index in [0.29, 0.717) is 22.6 Å². The van der Waals surface area contributed by atoms with Gasteiger partial charge in [0.25, 0.3) is 0 Å². The molecule has 0 bridgehead atoms. The zero-order chi connectivity index (χ0) is 10.0. The van der Waals surface area contributed by atoms with Crippen molar-refractivity contribution in [3.63, 3.8) is 0 Å². The minimum absolute atomic E-state index is 0.0350. The third-order valence-corrected chi connectivity index (χ3v) is 1.75. The van der Waals surface area contributed by atoms with Gasteiger partial charge < -0.3 is 21.8 Å². The highest BCUT2D eigenvalue weighted by Crippen LogP contribution is 2.21. The molecule has 0 radical (unpaired) electrons. The van der Waals surface area contributed by atoms with Crippen molar-refractivity contribution in [2.75, 3.05) is 12.4 Å². The predicted molar refractivity (Wildman–Crippen MR) is 54.6 cm³/mol. The van der Waals surface area contributed by atoms with Gasteiger partial charge in [0.15, 0.2) is 0 Å². The summed E-state index contributed by atoms with van der Waals surface area (Å²) in [6, 6.07) is 0. The van der Waals surface area contributed by atoms with E-state index in [1.54, 1.807) is 13.2 Å². The normalized spacial score (nSPS) is 9.62. The Kier molecular flexibility index (Phi) is 2.27. The van der Waals surface area contributed by atoms with Crippen molar-refractivity contribution in [3.8, 4) is 0 Å². The van der Waals surface area contributed by atoms with E-state index >= 15 is 0 Å². The first-order chi connectivity index (χ1) is 6.07. The third-order valence-electron chi connectivity index (χ3n) is 1.75. The van der Waals surface area contributed by atoms with Crippen molar-refractivity contribution in [3.05, 3.63) is 23.9 Å². The molecular weight excluding hydrogens is 166 g/mol. The lowest BCUT2D eigenvalue weighted by molar-refractivity contribution is 1.33. The van der Waals surface area contributed by atoms with Gasteiger partial charge in [0.05, 0.1) is 5.56 Å². The lowest BCUT2D eigenvalue weighted by Gasteiger charge is -2.03. The molecule has 1 rings (SSSR count). The van der Waals surface area contributed by atoms with Crippen LogP contribution in [0, 0.1) is 5.41 Å². The Labute approximate surface area is 76.3 Å². The van der Waals surface area contributed by atoms with Crippen LogP contribution in [-0.4, -0.2) is 17.9 Å². The molecule has 70 valence electrons. The maximum absolute atomic E-state index is 7.35. The Hall–Kier alpha value is -1.91. The standard InChI is InChI=1S/C8H13N5/c1-4(9)5-3-13-8(12-2)6(5)7(10)11/h3,12-13H,1,9H2,2H3,(H3,10,11). The second kappa shape index (κ2) is 3.22. The Morgan fingerprint density at radius 1 is 1.62 bits per heavy atom. The van der Waals surface area contributed by atoms with Crippen LogP contribution in [0.4, 0.5) is 5.82 Å². The molecule has 7 N–H and O–H groups in total. The number of hydrogen-bond donors (Lipinski definition) is 5. The quantitative estimate of drug-likeness (QED) is 0.340. The van der Waals surface area contributed by atoms with Crippen LogP contribution in [0.3, 0.4) is 0 Å². The average molecular weight is 179 g/mol. The molecule has 0 saturated heterocycles. The van der Waals surface area contributed by atoms with Crippen LogP contribution in [-0.2, 0) is 0 Å². The lowest BCUT2D eigenvalue weighted by Crippen LogP contribution is -2.15. The molecular formula is C8H13N5. The average Bonchev–Trinajstić information content (AvgIpc) is 2.46. The Morgan fingerprint density at radius 2 is 2.23 bits per heavy atom. The van der Waals surface area contributed by atoms with Crippen LogP contribution in [0.25, 0.3) is 5.70 Å². The van der Waals surface area contributed by atoms with E-state index in [0.717, 1.165) is 0 Å². The van der Waals surface area contributed by atoms with Crippen molar-refractivity contribution >= 4 is 17.4 Å². The van der Waals surface area contributed by atoms with Gasteiger partial charge in [-0.3, -0.25) is 5.41 Å². The Morgan fingerprint density at radius 3 is 2.62 bits per heavy atom. The molecule has 0 spiro atoms. The number of aromatic amines is 1. The largest absolute Gasteiger partial charge is 0.399 e. The summed E-state index contributed by atoms with van der Waals surface area (Å²) in [6.45, 7) is 3.59. The van der Waals surface area contributed by atoms with Gasteiger partial charge >= 0.3 is 0 Å². The van der Waals surface area contributed by atoms with Crippen LogP contribution in [0.5, 0.6) is 0 Å². The van der Waals surface area contributed by atoms with Crippen LogP contribution in [0.1, 0.15) is 11.1 Å². The monoisotopic (exact) mass is 179 g/mol. The molecule has 0 aliphatic heterocycles. The molecule has 5 nitrogen and oxygen atoms in total. The van der Waals surface area contributed by atoms with Gasteiger partial charge in [0.2, 0.25) is 0 Å². The summed E-state index contributed by atoms with van der Waals surface area (Å²) >= 11 is 0. The summed E-state index contributed by atoms with van der Waals surface area (Å²) in [5.74, 6) is 0.640. The van der Waals surface area contributed by atoms with Crippen molar-refractivity contribution in [1.29, 1.82) is 5.41 Å². The lowest BCUT2D eigenvalue weighted by atomic mass is 10.1. The molecule has 5 heteroatoms. The number of amidine groups is 1. The molecule has 0 saturated carbocycles. The van der Waals surface area contributed by atoms with Gasteiger partial charge in [-0.2, -0.15) is 0 Å². The van der Waals surface area contributed by atoms with Crippen LogP contribution < -0.4 is 16.8 Å². The highest BCUT2D eigenvalue weighted by atomic mass is 15.0. The zero-order valence-corrected chi connectivity index (χ0v) is 7.44. The topological polar surface area (TPSA) is 104 Å². The van der Waals surface area contributed by atoms with E-state index < -0.39 is 0 Å². The number of aromatic nitrogens is 1. The summed E-state index contributed by atoms with van der Waals surface area (Å²) in [5, 5.41) is 10.2. The fourth-order valence-electron chi connectivity index (χ4n) is 1.15. The van der Waals surface area contributed by atoms with Crippen molar-refractivity contribution in [1.82, 2.24) is 4.98 Å². The van der Waals surface area contributed by atoms with Crippen molar-refractivity contribution < 1.29 is 0 Å². The molecule has 0 amide bonds. The number of anilines is 1. The Balaban J connectivity index is 3.30. The van der Waals surface area contributed by atoms with E-state index in [1.807, 2.05) is 0 Å². The molecule has 1 aromatic heterocycles. The molecule has 1 aromatic rings. The fourth-order valence-corrected chi connectivity index (χ4v) is 1.15. The fraction of sp³-hybridized carbons (Fsp3) is 0.125. The van der Waals surface area contributed by atoms with Crippen LogP contribution >= 0.6 is 0 Å². The van der Waals surface area contributed by atoms with Gasteiger partial charge in [-0.1, -0.05) is 6.58 Å². The molecule has 0 aromatic carbocycles. The zero-order valence-electron chi connectivity index (χ0n) is 7.44. The molecule has 0 atom stereocenters. The summed E-state index contributed by atoms with van der Waals surface area (Å²) in [6.07, 6.45) is 1.67. The van der Waals surface area contributed by atoms with E-state index in [4.69, 9.17) is 16.9 Å².